The average Bonchev–Trinajstić information content (AvgIpc) is 3.17. The summed E-state index contributed by atoms with van der Waals surface area (Å²) in [5, 5.41) is 3.75. The normalized spacial score (nSPS) is 32.7. The third-order valence-electron chi connectivity index (χ3n) is 4.82. The number of nitrogens with one attached hydrogen (secondary N) is 1. The molecule has 1 N–H and O–H groups in total. The van der Waals surface area contributed by atoms with Gasteiger partial charge in [-0.15, -0.1) is 0 Å². The van der Waals surface area contributed by atoms with Crippen LogP contribution in [0, 0.1) is 17.8 Å². The second-order valence-corrected chi connectivity index (χ2v) is 6.61. The van der Waals surface area contributed by atoms with E-state index >= 15 is 0 Å². The molecule has 3 atom stereocenters. The van der Waals surface area contributed by atoms with Gasteiger partial charge in [0, 0.05) is 19.8 Å². The first kappa shape index (κ1) is 14.3. The molecule has 0 bridgehead atoms. The minimum Gasteiger partial charge on any atom is -0.385 e. The average molecular weight is 253 g/mol. The summed E-state index contributed by atoms with van der Waals surface area (Å²) < 4.78 is 5.15. The van der Waals surface area contributed by atoms with Crippen molar-refractivity contribution in [3.8, 4) is 0 Å². The molecular formula is C16H31NO. The maximum atomic E-state index is 5.15. The van der Waals surface area contributed by atoms with Gasteiger partial charge in [0.2, 0.25) is 0 Å². The van der Waals surface area contributed by atoms with Gasteiger partial charge in [-0.05, 0) is 56.4 Å². The van der Waals surface area contributed by atoms with Gasteiger partial charge >= 0.3 is 0 Å². The molecule has 2 rings (SSSR count). The molecular weight excluding hydrogens is 222 g/mol. The van der Waals surface area contributed by atoms with Crippen molar-refractivity contribution < 1.29 is 4.74 Å². The maximum absolute atomic E-state index is 5.15. The molecule has 0 saturated heterocycles. The molecule has 18 heavy (non-hydrogen) atoms. The lowest BCUT2D eigenvalue weighted by Gasteiger charge is -2.35. The van der Waals surface area contributed by atoms with Gasteiger partial charge in [0.15, 0.2) is 0 Å². The van der Waals surface area contributed by atoms with Crippen LogP contribution in [0.1, 0.15) is 58.3 Å². The molecule has 2 fully saturated rings. The van der Waals surface area contributed by atoms with Gasteiger partial charge in [-0.2, -0.15) is 0 Å². The van der Waals surface area contributed by atoms with E-state index < -0.39 is 0 Å². The minimum absolute atomic E-state index is 0.874. The van der Waals surface area contributed by atoms with Crippen molar-refractivity contribution in [2.45, 2.75) is 64.3 Å². The first-order chi connectivity index (χ1) is 8.79. The third-order valence-corrected chi connectivity index (χ3v) is 4.82. The van der Waals surface area contributed by atoms with Crippen LogP contribution in [0.5, 0.6) is 0 Å². The molecule has 0 radical (unpaired) electrons. The van der Waals surface area contributed by atoms with Crippen molar-refractivity contribution in [1.29, 1.82) is 0 Å². The third kappa shape index (κ3) is 4.89. The van der Waals surface area contributed by atoms with E-state index in [2.05, 4.69) is 12.2 Å². The Balaban J connectivity index is 1.69. The highest BCUT2D eigenvalue weighted by atomic mass is 16.5. The van der Waals surface area contributed by atoms with E-state index in [9.17, 15) is 0 Å². The number of hydrogen-bond donors (Lipinski definition) is 1. The summed E-state index contributed by atoms with van der Waals surface area (Å²) in [5.41, 5.74) is 0. The topological polar surface area (TPSA) is 21.3 Å². The van der Waals surface area contributed by atoms with Gasteiger partial charge in [-0.1, -0.05) is 26.2 Å². The summed E-state index contributed by atoms with van der Waals surface area (Å²) in [6, 6.07) is 0.874. The van der Waals surface area contributed by atoms with Gasteiger partial charge < -0.3 is 10.1 Å². The summed E-state index contributed by atoms with van der Waals surface area (Å²) >= 11 is 0. The standard InChI is InChI=1S/C16H31NO/c1-13-6-7-15(12-17-16-8-9-16)14(11-13)5-3-4-10-18-2/h13-17H,3-12H2,1-2H3. The van der Waals surface area contributed by atoms with Crippen LogP contribution in [-0.4, -0.2) is 26.3 Å². The van der Waals surface area contributed by atoms with E-state index in [-0.39, 0.29) is 0 Å². The van der Waals surface area contributed by atoms with Crippen molar-refractivity contribution in [3.63, 3.8) is 0 Å². The van der Waals surface area contributed by atoms with Crippen molar-refractivity contribution >= 4 is 0 Å². The lowest BCUT2D eigenvalue weighted by molar-refractivity contribution is 0.158. The Morgan fingerprint density at radius 3 is 2.61 bits per heavy atom. The Bertz CT molecular complexity index is 227. The zero-order valence-electron chi connectivity index (χ0n) is 12.3. The predicted molar refractivity (Wildman–Crippen MR) is 76.7 cm³/mol. The number of methoxy groups -OCH3 is 1. The number of hydrogen-bond acceptors (Lipinski definition) is 2. The highest BCUT2D eigenvalue weighted by Crippen LogP contribution is 2.36. The highest BCUT2D eigenvalue weighted by Gasteiger charge is 2.30. The van der Waals surface area contributed by atoms with Crippen LogP contribution < -0.4 is 5.32 Å². The predicted octanol–water partition coefficient (Wildman–Crippen LogP) is 3.61. The minimum atomic E-state index is 0.874. The Kier molecular flexibility index (Phi) is 5.97. The van der Waals surface area contributed by atoms with E-state index in [0.29, 0.717) is 0 Å². The summed E-state index contributed by atoms with van der Waals surface area (Å²) in [7, 11) is 1.81. The van der Waals surface area contributed by atoms with Crippen LogP contribution >= 0.6 is 0 Å². The summed E-state index contributed by atoms with van der Waals surface area (Å²) in [5.74, 6) is 2.87. The second kappa shape index (κ2) is 7.49. The first-order valence-electron chi connectivity index (χ1n) is 8.02. The van der Waals surface area contributed by atoms with Crippen LogP contribution in [0.2, 0.25) is 0 Å². The monoisotopic (exact) mass is 253 g/mol. The van der Waals surface area contributed by atoms with Gasteiger partial charge in [0.05, 0.1) is 0 Å². The molecule has 0 spiro atoms. The van der Waals surface area contributed by atoms with E-state index in [1.807, 2.05) is 7.11 Å². The summed E-state index contributed by atoms with van der Waals surface area (Å²) in [6.45, 7) is 4.66. The number of ether oxygens (including phenoxy) is 1. The molecule has 2 saturated carbocycles. The lowest BCUT2D eigenvalue weighted by atomic mass is 9.72. The van der Waals surface area contributed by atoms with Gasteiger partial charge in [0.25, 0.3) is 0 Å². The molecule has 2 nitrogen and oxygen atoms in total. The molecule has 0 aromatic carbocycles. The zero-order valence-corrected chi connectivity index (χ0v) is 12.3. The molecule has 2 aliphatic rings. The fourth-order valence-electron chi connectivity index (χ4n) is 3.44. The molecule has 2 heteroatoms. The quantitative estimate of drug-likeness (QED) is 0.667. The van der Waals surface area contributed by atoms with Crippen LogP contribution in [0.15, 0.2) is 0 Å². The molecule has 0 aliphatic heterocycles. The van der Waals surface area contributed by atoms with Crippen molar-refractivity contribution in [2.75, 3.05) is 20.3 Å². The van der Waals surface area contributed by atoms with Crippen molar-refractivity contribution in [1.82, 2.24) is 5.32 Å². The number of unbranched alkanes of at least 4 members (excludes halogenated alkanes) is 1. The summed E-state index contributed by atoms with van der Waals surface area (Å²) in [4.78, 5) is 0. The summed E-state index contributed by atoms with van der Waals surface area (Å²) in [6.07, 6.45) is 11.2. The van der Waals surface area contributed by atoms with Gasteiger partial charge in [-0.3, -0.25) is 0 Å². The maximum Gasteiger partial charge on any atom is 0.0462 e. The van der Waals surface area contributed by atoms with Crippen LogP contribution in [0.25, 0.3) is 0 Å². The highest BCUT2D eigenvalue weighted by molar-refractivity contribution is 4.85. The van der Waals surface area contributed by atoms with E-state index in [1.165, 1.54) is 57.9 Å². The largest absolute Gasteiger partial charge is 0.385 e. The Morgan fingerprint density at radius 1 is 1.06 bits per heavy atom. The molecule has 0 aromatic heterocycles. The SMILES string of the molecule is COCCCCC1CC(C)CCC1CNC1CC1. The number of rotatable bonds is 8. The van der Waals surface area contributed by atoms with Crippen molar-refractivity contribution in [3.05, 3.63) is 0 Å². The van der Waals surface area contributed by atoms with Crippen LogP contribution in [-0.2, 0) is 4.74 Å². The first-order valence-corrected chi connectivity index (χ1v) is 8.02. The molecule has 106 valence electrons. The second-order valence-electron chi connectivity index (χ2n) is 6.61. The molecule has 0 amide bonds. The molecule has 3 unspecified atom stereocenters. The van der Waals surface area contributed by atoms with Crippen LogP contribution in [0.4, 0.5) is 0 Å². The smallest absolute Gasteiger partial charge is 0.0462 e. The van der Waals surface area contributed by atoms with Crippen LogP contribution in [0.3, 0.4) is 0 Å². The molecule has 0 heterocycles. The Hall–Kier alpha value is -0.0800. The van der Waals surface area contributed by atoms with Gasteiger partial charge in [-0.25, -0.2) is 0 Å². The van der Waals surface area contributed by atoms with Gasteiger partial charge in [0.1, 0.15) is 0 Å². The zero-order chi connectivity index (χ0) is 12.8. The fraction of sp³-hybridized carbons (Fsp3) is 1.00. The lowest BCUT2D eigenvalue weighted by Crippen LogP contribution is -2.33. The molecule has 0 aromatic rings. The van der Waals surface area contributed by atoms with E-state index in [0.717, 1.165) is 30.4 Å². The van der Waals surface area contributed by atoms with Crippen molar-refractivity contribution in [2.24, 2.45) is 17.8 Å². The fourth-order valence-corrected chi connectivity index (χ4v) is 3.44. The van der Waals surface area contributed by atoms with E-state index in [1.54, 1.807) is 0 Å². The Labute approximate surface area is 113 Å². The molecule has 2 aliphatic carbocycles. The Morgan fingerprint density at radius 2 is 1.89 bits per heavy atom. The van der Waals surface area contributed by atoms with E-state index in [4.69, 9.17) is 4.74 Å².